The number of benzene rings is 1. The maximum absolute atomic E-state index is 11.4. The van der Waals surface area contributed by atoms with Crippen LogP contribution in [-0.2, 0) is 0 Å². The van der Waals surface area contributed by atoms with Crippen LogP contribution < -0.4 is 0 Å². The van der Waals surface area contributed by atoms with E-state index in [1.54, 1.807) is 6.92 Å². The topological polar surface area (TPSA) is 43.1 Å². The molecule has 0 radical (unpaired) electrons. The smallest absolute Gasteiger partial charge is 0.182 e. The van der Waals surface area contributed by atoms with E-state index in [4.69, 9.17) is 4.42 Å². The molecule has 1 aromatic carbocycles. The Balaban J connectivity index is 2.74. The lowest BCUT2D eigenvalue weighted by Gasteiger charge is -2.06. The van der Waals surface area contributed by atoms with Gasteiger partial charge in [-0.25, -0.2) is 4.98 Å². The van der Waals surface area contributed by atoms with Gasteiger partial charge in [0.2, 0.25) is 0 Å². The molecule has 0 N–H and O–H groups in total. The first-order chi connectivity index (χ1) is 7.09. The third-order valence-corrected chi connectivity index (χ3v) is 2.50. The maximum atomic E-state index is 11.4. The van der Waals surface area contributed by atoms with E-state index in [9.17, 15) is 4.79 Å². The van der Waals surface area contributed by atoms with Crippen LogP contribution in [0.5, 0.6) is 0 Å². The molecule has 3 heteroatoms. The van der Waals surface area contributed by atoms with Crippen LogP contribution in [0.4, 0.5) is 0 Å². The third kappa shape index (κ3) is 1.65. The Kier molecular flexibility index (Phi) is 2.31. The molecule has 0 saturated heterocycles. The standard InChI is InChI=1S/C12H13NO2/c1-7(2)9-4-10(8(3)14)12-11(5-9)13-6-15-12/h4-7H,1-3H3. The van der Waals surface area contributed by atoms with E-state index in [1.807, 2.05) is 12.1 Å². The second kappa shape index (κ2) is 3.50. The van der Waals surface area contributed by atoms with Crippen molar-refractivity contribution in [1.29, 1.82) is 0 Å². The average molecular weight is 203 g/mol. The van der Waals surface area contributed by atoms with E-state index < -0.39 is 0 Å². The van der Waals surface area contributed by atoms with Gasteiger partial charge in [0.05, 0.1) is 5.56 Å². The first-order valence-corrected chi connectivity index (χ1v) is 4.97. The summed E-state index contributed by atoms with van der Waals surface area (Å²) in [7, 11) is 0. The highest BCUT2D eigenvalue weighted by atomic mass is 16.3. The number of Topliss-reactive ketones (excluding diaryl/α,β-unsaturated/α-hetero) is 1. The van der Waals surface area contributed by atoms with Crippen molar-refractivity contribution in [3.8, 4) is 0 Å². The summed E-state index contributed by atoms with van der Waals surface area (Å²) >= 11 is 0. The van der Waals surface area contributed by atoms with Crippen molar-refractivity contribution in [1.82, 2.24) is 4.98 Å². The number of aromatic nitrogens is 1. The number of nitrogens with zero attached hydrogens (tertiary/aromatic N) is 1. The Morgan fingerprint density at radius 3 is 2.73 bits per heavy atom. The third-order valence-electron chi connectivity index (χ3n) is 2.50. The number of carbonyl (C=O) groups is 1. The number of carbonyl (C=O) groups excluding carboxylic acids is 1. The molecule has 3 nitrogen and oxygen atoms in total. The minimum absolute atomic E-state index is 0.0132. The SMILES string of the molecule is CC(=O)c1cc(C(C)C)cc2ncoc12. The van der Waals surface area contributed by atoms with Crippen molar-refractivity contribution >= 4 is 16.9 Å². The molecular formula is C12H13NO2. The summed E-state index contributed by atoms with van der Waals surface area (Å²) in [6.07, 6.45) is 1.38. The number of hydrogen-bond acceptors (Lipinski definition) is 3. The molecule has 0 saturated carbocycles. The normalized spacial score (nSPS) is 11.2. The van der Waals surface area contributed by atoms with E-state index in [0.29, 0.717) is 17.1 Å². The largest absolute Gasteiger partial charge is 0.443 e. The minimum atomic E-state index is 0.0132. The summed E-state index contributed by atoms with van der Waals surface area (Å²) in [6.45, 7) is 5.72. The van der Waals surface area contributed by atoms with Gasteiger partial charge in [-0.3, -0.25) is 4.79 Å². The molecule has 2 rings (SSSR count). The molecule has 1 aromatic heterocycles. The average Bonchev–Trinajstić information content (AvgIpc) is 2.62. The molecule has 0 aliphatic heterocycles. The highest BCUT2D eigenvalue weighted by Crippen LogP contribution is 2.24. The Morgan fingerprint density at radius 2 is 2.13 bits per heavy atom. The minimum Gasteiger partial charge on any atom is -0.443 e. The highest BCUT2D eigenvalue weighted by molar-refractivity contribution is 6.04. The number of oxazole rings is 1. The second-order valence-electron chi connectivity index (χ2n) is 3.98. The van der Waals surface area contributed by atoms with Gasteiger partial charge in [0.1, 0.15) is 5.52 Å². The van der Waals surface area contributed by atoms with Crippen LogP contribution in [0.25, 0.3) is 11.1 Å². The molecular weight excluding hydrogens is 190 g/mol. The van der Waals surface area contributed by atoms with Crippen LogP contribution >= 0.6 is 0 Å². The lowest BCUT2D eigenvalue weighted by molar-refractivity contribution is 0.101. The summed E-state index contributed by atoms with van der Waals surface area (Å²) in [6, 6.07) is 3.86. The Labute approximate surface area is 88.1 Å². The number of hydrogen-bond donors (Lipinski definition) is 0. The van der Waals surface area contributed by atoms with Gasteiger partial charge in [-0.15, -0.1) is 0 Å². The molecule has 0 unspecified atom stereocenters. The molecule has 0 atom stereocenters. The van der Waals surface area contributed by atoms with Crippen LogP contribution in [-0.4, -0.2) is 10.8 Å². The molecule has 0 spiro atoms. The highest BCUT2D eigenvalue weighted by Gasteiger charge is 2.13. The Bertz CT molecular complexity index is 511. The van der Waals surface area contributed by atoms with Gasteiger partial charge in [0, 0.05) is 0 Å². The first kappa shape index (κ1) is 9.90. The van der Waals surface area contributed by atoms with Crippen LogP contribution in [0.2, 0.25) is 0 Å². The van der Waals surface area contributed by atoms with Crippen molar-refractivity contribution in [2.24, 2.45) is 0 Å². The van der Waals surface area contributed by atoms with Crippen molar-refractivity contribution in [3.05, 3.63) is 29.7 Å². The van der Waals surface area contributed by atoms with E-state index in [2.05, 4.69) is 18.8 Å². The Hall–Kier alpha value is -1.64. The van der Waals surface area contributed by atoms with E-state index in [0.717, 1.165) is 11.1 Å². The summed E-state index contributed by atoms with van der Waals surface area (Å²) < 4.78 is 5.21. The lowest BCUT2D eigenvalue weighted by atomic mass is 9.98. The van der Waals surface area contributed by atoms with Gasteiger partial charge < -0.3 is 4.42 Å². The van der Waals surface area contributed by atoms with Crippen molar-refractivity contribution < 1.29 is 9.21 Å². The zero-order valence-electron chi connectivity index (χ0n) is 9.07. The summed E-state index contributed by atoms with van der Waals surface area (Å²) in [5.41, 5.74) is 3.08. The number of ketones is 1. The number of fused-ring (bicyclic) bond motifs is 1. The summed E-state index contributed by atoms with van der Waals surface area (Å²) in [5, 5.41) is 0. The van der Waals surface area contributed by atoms with Gasteiger partial charge in [-0.2, -0.15) is 0 Å². The molecule has 0 fully saturated rings. The zero-order valence-corrected chi connectivity index (χ0v) is 9.07. The molecule has 0 aliphatic rings. The van der Waals surface area contributed by atoms with E-state index in [-0.39, 0.29) is 5.78 Å². The Morgan fingerprint density at radius 1 is 1.40 bits per heavy atom. The number of rotatable bonds is 2. The van der Waals surface area contributed by atoms with Gasteiger partial charge >= 0.3 is 0 Å². The van der Waals surface area contributed by atoms with Gasteiger partial charge in [0.25, 0.3) is 0 Å². The molecule has 1 heterocycles. The molecule has 15 heavy (non-hydrogen) atoms. The predicted molar refractivity (Wildman–Crippen MR) is 58.1 cm³/mol. The van der Waals surface area contributed by atoms with Crippen molar-refractivity contribution in [3.63, 3.8) is 0 Å². The first-order valence-electron chi connectivity index (χ1n) is 4.97. The lowest BCUT2D eigenvalue weighted by Crippen LogP contribution is -1.96. The molecule has 0 aliphatic carbocycles. The fraction of sp³-hybridized carbons (Fsp3) is 0.333. The van der Waals surface area contributed by atoms with Crippen LogP contribution in [0, 0.1) is 0 Å². The summed E-state index contributed by atoms with van der Waals surface area (Å²) in [5.74, 6) is 0.392. The van der Waals surface area contributed by atoms with E-state index in [1.165, 1.54) is 6.39 Å². The van der Waals surface area contributed by atoms with Crippen molar-refractivity contribution in [2.45, 2.75) is 26.7 Å². The van der Waals surface area contributed by atoms with Gasteiger partial charge in [-0.05, 0) is 30.5 Å². The summed E-state index contributed by atoms with van der Waals surface area (Å²) in [4.78, 5) is 15.5. The zero-order chi connectivity index (χ0) is 11.0. The molecule has 2 aromatic rings. The molecule has 78 valence electrons. The van der Waals surface area contributed by atoms with E-state index >= 15 is 0 Å². The van der Waals surface area contributed by atoms with Crippen LogP contribution in [0.1, 0.15) is 42.6 Å². The van der Waals surface area contributed by atoms with Crippen molar-refractivity contribution in [2.75, 3.05) is 0 Å². The monoisotopic (exact) mass is 203 g/mol. The van der Waals surface area contributed by atoms with Crippen LogP contribution in [0.15, 0.2) is 22.9 Å². The van der Waals surface area contributed by atoms with Gasteiger partial charge in [-0.1, -0.05) is 13.8 Å². The predicted octanol–water partition coefficient (Wildman–Crippen LogP) is 3.15. The fourth-order valence-electron chi connectivity index (χ4n) is 1.59. The second-order valence-corrected chi connectivity index (χ2v) is 3.98. The molecule has 0 bridgehead atoms. The van der Waals surface area contributed by atoms with Crippen LogP contribution in [0.3, 0.4) is 0 Å². The van der Waals surface area contributed by atoms with Gasteiger partial charge in [0.15, 0.2) is 17.8 Å². The molecule has 0 amide bonds. The quantitative estimate of drug-likeness (QED) is 0.704. The fourth-order valence-corrected chi connectivity index (χ4v) is 1.59. The maximum Gasteiger partial charge on any atom is 0.182 e.